The molecule has 3 aromatic carbocycles. The van der Waals surface area contributed by atoms with E-state index in [1.165, 1.54) is 4.31 Å². The van der Waals surface area contributed by atoms with Gasteiger partial charge >= 0.3 is 0 Å². The van der Waals surface area contributed by atoms with Crippen LogP contribution in [0, 0.1) is 0 Å². The first-order valence-electron chi connectivity index (χ1n) is 11.2. The lowest BCUT2D eigenvalue weighted by Crippen LogP contribution is -2.50. The van der Waals surface area contributed by atoms with E-state index in [1.807, 2.05) is 83.5 Å². The number of carbonyl (C=O) groups is 1. The summed E-state index contributed by atoms with van der Waals surface area (Å²) >= 11 is 0. The zero-order chi connectivity index (χ0) is 23.5. The van der Waals surface area contributed by atoms with Crippen LogP contribution in [-0.4, -0.2) is 64.7 Å². The Morgan fingerprint density at radius 1 is 0.794 bits per heavy atom. The molecule has 1 amide bonds. The third-order valence-electron chi connectivity index (χ3n) is 6.06. The number of rotatable bonds is 6. The maximum Gasteiger partial charge on any atom is 0.253 e. The van der Waals surface area contributed by atoms with Crippen molar-refractivity contribution in [2.24, 2.45) is 0 Å². The number of piperazine rings is 1. The lowest BCUT2D eigenvalue weighted by Gasteiger charge is -2.34. The Bertz CT molecular complexity index is 1390. The zero-order valence-corrected chi connectivity index (χ0v) is 19.4. The molecule has 1 aliphatic rings. The van der Waals surface area contributed by atoms with Crippen molar-refractivity contribution in [2.75, 3.05) is 26.2 Å². The van der Waals surface area contributed by atoms with E-state index in [0.717, 1.165) is 22.2 Å². The Morgan fingerprint density at radius 3 is 2.21 bits per heavy atom. The summed E-state index contributed by atoms with van der Waals surface area (Å²) < 4.78 is 28.8. The number of fused-ring (bicyclic) bond motifs is 1. The van der Waals surface area contributed by atoms with Gasteiger partial charge in [0.25, 0.3) is 5.91 Å². The topological polar surface area (TPSA) is 88.4 Å². The summed E-state index contributed by atoms with van der Waals surface area (Å²) in [5.74, 6) is -0.109. The molecule has 0 unspecified atom stereocenters. The van der Waals surface area contributed by atoms with Crippen LogP contribution >= 0.6 is 0 Å². The molecular formula is C25H25N5O3S. The lowest BCUT2D eigenvalue weighted by molar-refractivity contribution is 0.0697. The number of benzene rings is 3. The van der Waals surface area contributed by atoms with E-state index < -0.39 is 10.0 Å². The maximum absolute atomic E-state index is 13.0. The van der Waals surface area contributed by atoms with Crippen LogP contribution in [0.1, 0.15) is 21.5 Å². The van der Waals surface area contributed by atoms with Crippen molar-refractivity contribution < 1.29 is 13.2 Å². The van der Waals surface area contributed by atoms with E-state index in [-0.39, 0.29) is 11.7 Å². The summed E-state index contributed by atoms with van der Waals surface area (Å²) in [5, 5.41) is 8.39. The number of para-hydroxylation sites is 1. The first kappa shape index (κ1) is 22.2. The molecule has 2 heterocycles. The van der Waals surface area contributed by atoms with Crippen LogP contribution < -0.4 is 0 Å². The first-order valence-corrected chi connectivity index (χ1v) is 12.8. The molecule has 0 spiro atoms. The minimum Gasteiger partial charge on any atom is -0.336 e. The van der Waals surface area contributed by atoms with Gasteiger partial charge < -0.3 is 4.90 Å². The molecule has 0 saturated carbocycles. The van der Waals surface area contributed by atoms with Gasteiger partial charge in [0, 0.05) is 31.7 Å². The average molecular weight is 476 g/mol. The second kappa shape index (κ2) is 9.36. The van der Waals surface area contributed by atoms with Crippen LogP contribution in [0.15, 0.2) is 78.9 Å². The number of amides is 1. The minimum atomic E-state index is -3.41. The zero-order valence-electron chi connectivity index (χ0n) is 18.6. The first-order chi connectivity index (χ1) is 16.5. The lowest BCUT2D eigenvalue weighted by atomic mass is 10.1. The summed E-state index contributed by atoms with van der Waals surface area (Å²) in [6.07, 6.45) is 0. The van der Waals surface area contributed by atoms with Gasteiger partial charge in [-0.25, -0.2) is 13.1 Å². The SMILES string of the molecule is O=C(c1ccc(Cn2nnc3ccccc32)cc1)N1CCN(S(=O)(=O)Cc2ccccc2)CC1. The number of sulfonamides is 1. The Kier molecular flexibility index (Phi) is 6.12. The van der Waals surface area contributed by atoms with E-state index >= 15 is 0 Å². The number of aromatic nitrogens is 3. The number of hydrogen-bond donors (Lipinski definition) is 0. The summed E-state index contributed by atoms with van der Waals surface area (Å²) in [6, 6.07) is 24.4. The van der Waals surface area contributed by atoms with Crippen molar-refractivity contribution in [1.29, 1.82) is 0 Å². The molecule has 1 aromatic heterocycles. The van der Waals surface area contributed by atoms with Crippen LogP contribution in [0.5, 0.6) is 0 Å². The van der Waals surface area contributed by atoms with Gasteiger partial charge in [-0.3, -0.25) is 4.79 Å². The molecule has 9 heteroatoms. The van der Waals surface area contributed by atoms with Crippen molar-refractivity contribution in [2.45, 2.75) is 12.3 Å². The van der Waals surface area contributed by atoms with E-state index in [1.54, 1.807) is 4.90 Å². The van der Waals surface area contributed by atoms with Gasteiger partial charge in [0.15, 0.2) is 0 Å². The molecule has 174 valence electrons. The van der Waals surface area contributed by atoms with Crippen molar-refractivity contribution in [3.05, 3.63) is 95.6 Å². The van der Waals surface area contributed by atoms with Crippen LogP contribution in [0.3, 0.4) is 0 Å². The largest absolute Gasteiger partial charge is 0.336 e. The third kappa shape index (κ3) is 4.71. The van der Waals surface area contributed by atoms with E-state index in [0.29, 0.717) is 38.3 Å². The normalized spacial score (nSPS) is 15.0. The molecule has 1 saturated heterocycles. The molecule has 1 aliphatic heterocycles. The van der Waals surface area contributed by atoms with Gasteiger partial charge in [0.2, 0.25) is 10.0 Å². The number of nitrogens with zero attached hydrogens (tertiary/aromatic N) is 5. The van der Waals surface area contributed by atoms with Crippen LogP contribution in [-0.2, 0) is 22.3 Å². The summed E-state index contributed by atoms with van der Waals surface area (Å²) in [6.45, 7) is 1.92. The van der Waals surface area contributed by atoms with E-state index in [4.69, 9.17) is 0 Å². The molecule has 0 bridgehead atoms. The summed E-state index contributed by atoms with van der Waals surface area (Å²) in [4.78, 5) is 14.7. The fourth-order valence-corrected chi connectivity index (χ4v) is 5.70. The fourth-order valence-electron chi connectivity index (χ4n) is 4.19. The van der Waals surface area contributed by atoms with Gasteiger partial charge in [-0.2, -0.15) is 4.31 Å². The highest BCUT2D eigenvalue weighted by Crippen LogP contribution is 2.17. The number of hydrogen-bond acceptors (Lipinski definition) is 5. The third-order valence-corrected chi connectivity index (χ3v) is 7.91. The molecular weight excluding hydrogens is 450 g/mol. The highest BCUT2D eigenvalue weighted by Gasteiger charge is 2.29. The van der Waals surface area contributed by atoms with Crippen LogP contribution in [0.25, 0.3) is 11.0 Å². The van der Waals surface area contributed by atoms with Crippen LogP contribution in [0.2, 0.25) is 0 Å². The standard InChI is InChI=1S/C25H25N5O3S/c31-25(28-14-16-29(17-15-28)34(32,33)19-21-6-2-1-3-7-21)22-12-10-20(11-13-22)18-30-24-9-5-4-8-23(24)26-27-30/h1-13H,14-19H2. The molecule has 0 aliphatic carbocycles. The molecule has 4 aromatic rings. The van der Waals surface area contributed by atoms with E-state index in [9.17, 15) is 13.2 Å². The second-order valence-corrected chi connectivity index (χ2v) is 10.3. The van der Waals surface area contributed by atoms with Crippen molar-refractivity contribution in [3.8, 4) is 0 Å². The summed E-state index contributed by atoms with van der Waals surface area (Å²) in [7, 11) is -3.41. The Morgan fingerprint density at radius 2 is 1.47 bits per heavy atom. The predicted molar refractivity (Wildman–Crippen MR) is 130 cm³/mol. The predicted octanol–water partition coefficient (Wildman–Crippen LogP) is 2.77. The smallest absolute Gasteiger partial charge is 0.253 e. The average Bonchev–Trinajstić information content (AvgIpc) is 3.27. The molecule has 34 heavy (non-hydrogen) atoms. The fraction of sp³-hybridized carbons (Fsp3) is 0.240. The quantitative estimate of drug-likeness (QED) is 0.428. The molecule has 0 N–H and O–H groups in total. The van der Waals surface area contributed by atoms with Crippen molar-refractivity contribution in [1.82, 2.24) is 24.2 Å². The van der Waals surface area contributed by atoms with Gasteiger partial charge in [-0.1, -0.05) is 59.8 Å². The van der Waals surface area contributed by atoms with Crippen LogP contribution in [0.4, 0.5) is 0 Å². The monoisotopic (exact) mass is 475 g/mol. The van der Waals surface area contributed by atoms with Gasteiger partial charge in [0.05, 0.1) is 17.8 Å². The molecule has 0 radical (unpaired) electrons. The molecule has 0 atom stereocenters. The molecule has 1 fully saturated rings. The molecule has 5 rings (SSSR count). The maximum atomic E-state index is 13.0. The Hall–Kier alpha value is -3.56. The van der Waals surface area contributed by atoms with Gasteiger partial charge in [-0.05, 0) is 35.4 Å². The van der Waals surface area contributed by atoms with Gasteiger partial charge in [0.1, 0.15) is 5.52 Å². The van der Waals surface area contributed by atoms with Gasteiger partial charge in [-0.15, -0.1) is 5.10 Å². The van der Waals surface area contributed by atoms with E-state index in [2.05, 4.69) is 10.3 Å². The highest BCUT2D eigenvalue weighted by atomic mass is 32.2. The molecule has 8 nitrogen and oxygen atoms in total. The van der Waals surface area contributed by atoms with Crippen molar-refractivity contribution >= 4 is 27.0 Å². The Balaban J connectivity index is 1.19. The van der Waals surface area contributed by atoms with Crippen molar-refractivity contribution in [3.63, 3.8) is 0 Å². The highest BCUT2D eigenvalue weighted by molar-refractivity contribution is 7.88. The minimum absolute atomic E-state index is 0.0235. The second-order valence-electron chi connectivity index (χ2n) is 8.37. The number of carbonyl (C=O) groups excluding carboxylic acids is 1. The summed E-state index contributed by atoms with van der Waals surface area (Å²) in [5.41, 5.74) is 4.18. The Labute approximate surface area is 198 Å².